The summed E-state index contributed by atoms with van der Waals surface area (Å²) in [4.78, 5) is 36.1. The number of aromatic nitrogens is 2. The van der Waals surface area contributed by atoms with Gasteiger partial charge in [0.15, 0.2) is 5.69 Å². The molecule has 0 saturated carbocycles. The summed E-state index contributed by atoms with van der Waals surface area (Å²) < 4.78 is 5.01. The molecule has 1 aromatic carbocycles. The molecule has 25 heavy (non-hydrogen) atoms. The van der Waals surface area contributed by atoms with Crippen molar-refractivity contribution in [1.29, 1.82) is 0 Å². The number of likely N-dealkylation sites (tertiary alicyclic amines) is 1. The third-order valence-electron chi connectivity index (χ3n) is 4.48. The van der Waals surface area contributed by atoms with E-state index in [0.29, 0.717) is 10.9 Å². The predicted molar refractivity (Wildman–Crippen MR) is 85.2 cm³/mol. The number of hydrogen-bond acceptors (Lipinski definition) is 6. The summed E-state index contributed by atoms with van der Waals surface area (Å²) in [6.07, 6.45) is 0.268. The molecule has 0 aliphatic carbocycles. The van der Waals surface area contributed by atoms with Gasteiger partial charge in [0.05, 0.1) is 17.0 Å². The molecule has 10 nitrogen and oxygen atoms in total. The number of methoxy groups -OCH3 is 1. The molecule has 2 aromatic rings. The molecule has 1 atom stereocenters. The van der Waals surface area contributed by atoms with E-state index in [1.807, 2.05) is 0 Å². The van der Waals surface area contributed by atoms with E-state index in [2.05, 4.69) is 10.2 Å². The summed E-state index contributed by atoms with van der Waals surface area (Å²) in [7, 11) is 1.41. The number of amides is 1. The van der Waals surface area contributed by atoms with Crippen molar-refractivity contribution in [3.63, 3.8) is 0 Å². The second-order valence-electron chi connectivity index (χ2n) is 6.05. The van der Waals surface area contributed by atoms with Gasteiger partial charge < -0.3 is 14.7 Å². The van der Waals surface area contributed by atoms with Crippen molar-refractivity contribution in [2.45, 2.75) is 6.42 Å². The van der Waals surface area contributed by atoms with Gasteiger partial charge in [-0.25, -0.2) is 0 Å². The van der Waals surface area contributed by atoms with Gasteiger partial charge in [0.1, 0.15) is 5.41 Å². The minimum Gasteiger partial charge on any atom is -0.481 e. The zero-order valence-corrected chi connectivity index (χ0v) is 13.4. The molecule has 0 radical (unpaired) electrons. The smallest absolute Gasteiger partial charge is 0.313 e. The number of H-pyrrole nitrogens is 1. The Hall–Kier alpha value is -3.01. The first-order chi connectivity index (χ1) is 11.9. The molecule has 1 saturated heterocycles. The van der Waals surface area contributed by atoms with Gasteiger partial charge in [-0.3, -0.25) is 24.8 Å². The lowest BCUT2D eigenvalue weighted by atomic mass is 9.88. The molecular formula is C15H16N4O6. The van der Waals surface area contributed by atoms with E-state index in [-0.39, 0.29) is 37.5 Å². The fourth-order valence-corrected chi connectivity index (χ4v) is 3.10. The number of benzene rings is 1. The summed E-state index contributed by atoms with van der Waals surface area (Å²) in [6.45, 7) is 0.245. The SMILES string of the molecule is COCC1(C(=O)O)CCN(C(=O)c2n[nH]c3ccc([N+](=O)[O-])cc23)C1. The number of rotatable bonds is 5. The Morgan fingerprint density at radius 1 is 1.52 bits per heavy atom. The summed E-state index contributed by atoms with van der Waals surface area (Å²) >= 11 is 0. The maximum Gasteiger partial charge on any atom is 0.313 e. The van der Waals surface area contributed by atoms with Crippen molar-refractivity contribution >= 4 is 28.5 Å². The Morgan fingerprint density at radius 3 is 2.92 bits per heavy atom. The first-order valence-electron chi connectivity index (χ1n) is 7.52. The van der Waals surface area contributed by atoms with Crippen LogP contribution >= 0.6 is 0 Å². The number of carbonyl (C=O) groups is 2. The van der Waals surface area contributed by atoms with Crippen molar-refractivity contribution in [2.75, 3.05) is 26.8 Å². The number of carbonyl (C=O) groups excluding carboxylic acids is 1. The third-order valence-corrected chi connectivity index (χ3v) is 4.48. The molecule has 132 valence electrons. The number of carboxylic acids is 1. The van der Waals surface area contributed by atoms with Crippen LogP contribution in [-0.2, 0) is 9.53 Å². The lowest BCUT2D eigenvalue weighted by Crippen LogP contribution is -2.40. The van der Waals surface area contributed by atoms with Crippen LogP contribution < -0.4 is 0 Å². The molecule has 1 unspecified atom stereocenters. The molecule has 1 aliphatic rings. The lowest BCUT2D eigenvalue weighted by molar-refractivity contribution is -0.384. The van der Waals surface area contributed by atoms with Gasteiger partial charge in [0, 0.05) is 37.7 Å². The molecule has 1 aliphatic heterocycles. The van der Waals surface area contributed by atoms with Crippen molar-refractivity contribution < 1.29 is 24.4 Å². The average molecular weight is 348 g/mol. The molecule has 1 amide bonds. The summed E-state index contributed by atoms with van der Waals surface area (Å²) in [5, 5.41) is 27.4. The number of aliphatic carboxylic acids is 1. The number of non-ortho nitro benzene ring substituents is 1. The van der Waals surface area contributed by atoms with E-state index in [0.717, 1.165) is 0 Å². The van der Waals surface area contributed by atoms with Crippen molar-refractivity contribution in [2.24, 2.45) is 5.41 Å². The average Bonchev–Trinajstić information content (AvgIpc) is 3.19. The normalized spacial score (nSPS) is 20.1. The van der Waals surface area contributed by atoms with Crippen LogP contribution in [0.15, 0.2) is 18.2 Å². The van der Waals surface area contributed by atoms with E-state index in [9.17, 15) is 24.8 Å². The van der Waals surface area contributed by atoms with E-state index >= 15 is 0 Å². The molecule has 0 spiro atoms. The van der Waals surface area contributed by atoms with Gasteiger partial charge in [-0.1, -0.05) is 0 Å². The molecule has 2 heterocycles. The fraction of sp³-hybridized carbons (Fsp3) is 0.400. The monoisotopic (exact) mass is 348 g/mol. The largest absolute Gasteiger partial charge is 0.481 e. The maximum absolute atomic E-state index is 12.8. The second-order valence-corrected chi connectivity index (χ2v) is 6.05. The number of aromatic amines is 1. The molecule has 3 rings (SSSR count). The minimum atomic E-state index is -1.15. The highest BCUT2D eigenvalue weighted by atomic mass is 16.6. The summed E-state index contributed by atoms with van der Waals surface area (Å²) in [5.74, 6) is -1.49. The second kappa shape index (κ2) is 6.13. The first-order valence-corrected chi connectivity index (χ1v) is 7.52. The standard InChI is InChI=1S/C15H16N4O6/c1-25-8-15(14(21)22)4-5-18(7-15)13(20)12-10-6-9(19(23)24)2-3-11(10)16-17-12/h2-3,6H,4-5,7-8H2,1H3,(H,16,17)(H,21,22). The van der Waals surface area contributed by atoms with E-state index < -0.39 is 22.2 Å². The van der Waals surface area contributed by atoms with Crippen molar-refractivity contribution in [3.8, 4) is 0 Å². The summed E-state index contributed by atoms with van der Waals surface area (Å²) in [6, 6.07) is 4.08. The first kappa shape index (κ1) is 16.8. The van der Waals surface area contributed by atoms with Crippen LogP contribution in [0.5, 0.6) is 0 Å². The molecule has 0 bridgehead atoms. The van der Waals surface area contributed by atoms with Crippen LogP contribution in [-0.4, -0.2) is 63.8 Å². The highest BCUT2D eigenvalue weighted by Gasteiger charge is 2.47. The van der Waals surface area contributed by atoms with Gasteiger partial charge >= 0.3 is 5.97 Å². The minimum absolute atomic E-state index is 0.00109. The zero-order chi connectivity index (χ0) is 18.2. The quantitative estimate of drug-likeness (QED) is 0.608. The van der Waals surface area contributed by atoms with Gasteiger partial charge in [0.2, 0.25) is 0 Å². The Balaban J connectivity index is 1.91. The molecule has 10 heteroatoms. The number of ether oxygens (including phenoxy) is 1. The van der Waals surface area contributed by atoms with Crippen molar-refractivity contribution in [1.82, 2.24) is 15.1 Å². The van der Waals surface area contributed by atoms with Crippen LogP contribution in [0, 0.1) is 15.5 Å². The number of carboxylic acid groups (broad SMARTS) is 1. The predicted octanol–water partition coefficient (Wildman–Crippen LogP) is 1.03. The maximum atomic E-state index is 12.8. The highest BCUT2D eigenvalue weighted by molar-refractivity contribution is 6.05. The highest BCUT2D eigenvalue weighted by Crippen LogP contribution is 2.33. The molecular weight excluding hydrogens is 332 g/mol. The van der Waals surface area contributed by atoms with E-state index in [1.54, 1.807) is 0 Å². The van der Waals surface area contributed by atoms with Gasteiger partial charge in [0.25, 0.3) is 11.6 Å². The number of nitrogens with zero attached hydrogens (tertiary/aromatic N) is 3. The van der Waals surface area contributed by atoms with Crippen LogP contribution in [0.3, 0.4) is 0 Å². The third kappa shape index (κ3) is 2.80. The van der Waals surface area contributed by atoms with Crippen LogP contribution in [0.25, 0.3) is 10.9 Å². The molecule has 2 N–H and O–H groups in total. The summed E-state index contributed by atoms with van der Waals surface area (Å²) in [5.41, 5.74) is -0.766. The van der Waals surface area contributed by atoms with Crippen LogP contribution in [0.1, 0.15) is 16.9 Å². The number of nitro benzene ring substituents is 1. The molecule has 1 fully saturated rings. The van der Waals surface area contributed by atoms with Gasteiger partial charge in [-0.15, -0.1) is 0 Å². The van der Waals surface area contributed by atoms with Gasteiger partial charge in [-0.2, -0.15) is 5.10 Å². The van der Waals surface area contributed by atoms with Crippen LogP contribution in [0.2, 0.25) is 0 Å². The fourth-order valence-electron chi connectivity index (χ4n) is 3.10. The Bertz CT molecular complexity index is 863. The Labute approximate surface area is 141 Å². The van der Waals surface area contributed by atoms with E-state index in [4.69, 9.17) is 4.74 Å². The lowest BCUT2D eigenvalue weighted by Gasteiger charge is -2.23. The Kier molecular flexibility index (Phi) is 4.13. The van der Waals surface area contributed by atoms with Gasteiger partial charge in [-0.05, 0) is 12.5 Å². The number of hydrogen-bond donors (Lipinski definition) is 2. The number of fused-ring (bicyclic) bond motifs is 1. The van der Waals surface area contributed by atoms with Crippen LogP contribution in [0.4, 0.5) is 5.69 Å². The Morgan fingerprint density at radius 2 is 2.28 bits per heavy atom. The molecule has 1 aromatic heterocycles. The topological polar surface area (TPSA) is 139 Å². The zero-order valence-electron chi connectivity index (χ0n) is 13.4. The van der Waals surface area contributed by atoms with E-state index in [1.165, 1.54) is 30.2 Å². The van der Waals surface area contributed by atoms with Crippen molar-refractivity contribution in [3.05, 3.63) is 34.0 Å². The number of nitro groups is 1. The number of nitrogens with one attached hydrogen (secondary N) is 1.